The molecule has 0 aromatic rings. The summed E-state index contributed by atoms with van der Waals surface area (Å²) < 4.78 is 0. The number of hydrogen-bond donors (Lipinski definition) is 0. The largest absolute Gasteiger partial charge is 0.378 e. The molecule has 0 saturated carbocycles. The topological polar surface area (TPSA) is 3.24 Å². The van der Waals surface area contributed by atoms with E-state index < -0.39 is 0 Å². The molecule has 0 unspecified atom stereocenters. The van der Waals surface area contributed by atoms with E-state index in [1.54, 1.807) is 0 Å². The van der Waals surface area contributed by atoms with Gasteiger partial charge in [-0.3, -0.25) is 0 Å². The third-order valence-corrected chi connectivity index (χ3v) is 1.36. The van der Waals surface area contributed by atoms with Gasteiger partial charge in [-0.15, -0.1) is 0 Å². The van der Waals surface area contributed by atoms with Crippen molar-refractivity contribution in [2.24, 2.45) is 0 Å². The molecule has 0 spiro atoms. The minimum absolute atomic E-state index is 1.12. The highest BCUT2D eigenvalue weighted by Gasteiger charge is 1.85. The first kappa shape index (κ1) is 8.54. The zero-order valence-corrected chi connectivity index (χ0v) is 6.72. The Bertz CT molecular complexity index is 72.6. The van der Waals surface area contributed by atoms with Crippen molar-refractivity contribution in [1.82, 2.24) is 4.90 Å². The second kappa shape index (κ2) is 5.67. The maximum atomic E-state index is 2.28. The van der Waals surface area contributed by atoms with Crippen molar-refractivity contribution >= 4 is 0 Å². The highest BCUT2D eigenvalue weighted by Crippen LogP contribution is 1.89. The minimum Gasteiger partial charge on any atom is -0.378 e. The predicted molar refractivity (Wildman–Crippen MR) is 42.4 cm³/mol. The van der Waals surface area contributed by atoms with Gasteiger partial charge in [0.1, 0.15) is 0 Å². The van der Waals surface area contributed by atoms with Crippen molar-refractivity contribution in [3.63, 3.8) is 0 Å². The Morgan fingerprint density at radius 1 is 1.11 bits per heavy atom. The van der Waals surface area contributed by atoms with Crippen LogP contribution >= 0.6 is 0 Å². The van der Waals surface area contributed by atoms with Gasteiger partial charge in [-0.1, -0.05) is 13.0 Å². The normalized spacial score (nSPS) is 10.6. The molecule has 0 aromatic carbocycles. The lowest BCUT2D eigenvalue weighted by molar-refractivity contribution is 0.417. The standard InChI is InChI=1S/C8H17N/c1-4-7-8-9(5-2)6-3/h7-8H,4-6H2,1-3H3/b8-7-. The summed E-state index contributed by atoms with van der Waals surface area (Å²) >= 11 is 0. The molecule has 0 bridgehead atoms. The number of hydrogen-bond acceptors (Lipinski definition) is 1. The van der Waals surface area contributed by atoms with Gasteiger partial charge < -0.3 is 4.90 Å². The van der Waals surface area contributed by atoms with Crippen LogP contribution in [0.5, 0.6) is 0 Å². The van der Waals surface area contributed by atoms with Gasteiger partial charge in [0.05, 0.1) is 0 Å². The molecule has 0 rings (SSSR count). The molecule has 0 fully saturated rings. The Balaban J connectivity index is 3.41. The van der Waals surface area contributed by atoms with Crippen LogP contribution in [0.2, 0.25) is 0 Å². The Labute approximate surface area is 58.4 Å². The first-order valence-corrected chi connectivity index (χ1v) is 3.75. The van der Waals surface area contributed by atoms with E-state index in [1.807, 2.05) is 0 Å². The maximum Gasteiger partial charge on any atom is 0.0143 e. The van der Waals surface area contributed by atoms with E-state index in [0.717, 1.165) is 19.5 Å². The minimum atomic E-state index is 1.12. The van der Waals surface area contributed by atoms with E-state index in [-0.39, 0.29) is 0 Å². The van der Waals surface area contributed by atoms with Crippen molar-refractivity contribution in [3.05, 3.63) is 12.3 Å². The van der Waals surface area contributed by atoms with E-state index in [1.165, 1.54) is 0 Å². The van der Waals surface area contributed by atoms with Crippen LogP contribution in [0.4, 0.5) is 0 Å². The molecule has 0 radical (unpaired) electrons. The Morgan fingerprint density at radius 3 is 2.00 bits per heavy atom. The molecule has 0 saturated heterocycles. The highest BCUT2D eigenvalue weighted by molar-refractivity contribution is 4.79. The lowest BCUT2D eigenvalue weighted by Gasteiger charge is -2.13. The fraction of sp³-hybridized carbons (Fsp3) is 0.750. The molecule has 0 aliphatic rings. The Kier molecular flexibility index (Phi) is 5.38. The highest BCUT2D eigenvalue weighted by atomic mass is 15.1. The first-order valence-electron chi connectivity index (χ1n) is 3.75. The molecule has 9 heavy (non-hydrogen) atoms. The van der Waals surface area contributed by atoms with Crippen molar-refractivity contribution in [1.29, 1.82) is 0 Å². The summed E-state index contributed by atoms with van der Waals surface area (Å²) in [5.41, 5.74) is 0. The molecule has 1 nitrogen and oxygen atoms in total. The second-order valence-corrected chi connectivity index (χ2v) is 2.01. The van der Waals surface area contributed by atoms with Crippen LogP contribution in [0.25, 0.3) is 0 Å². The quantitative estimate of drug-likeness (QED) is 0.560. The molecular weight excluding hydrogens is 110 g/mol. The number of nitrogens with zero attached hydrogens (tertiary/aromatic N) is 1. The zero-order chi connectivity index (χ0) is 7.11. The number of rotatable bonds is 4. The molecule has 1 heteroatoms. The van der Waals surface area contributed by atoms with E-state index in [0.29, 0.717) is 0 Å². The van der Waals surface area contributed by atoms with Crippen molar-refractivity contribution in [3.8, 4) is 0 Å². The van der Waals surface area contributed by atoms with Gasteiger partial charge in [-0.2, -0.15) is 0 Å². The van der Waals surface area contributed by atoms with Gasteiger partial charge in [0, 0.05) is 13.1 Å². The molecule has 0 aliphatic heterocycles. The summed E-state index contributed by atoms with van der Waals surface area (Å²) in [6.07, 6.45) is 5.49. The van der Waals surface area contributed by atoms with E-state index >= 15 is 0 Å². The van der Waals surface area contributed by atoms with E-state index in [4.69, 9.17) is 0 Å². The summed E-state index contributed by atoms with van der Waals surface area (Å²) in [5, 5.41) is 0. The summed E-state index contributed by atoms with van der Waals surface area (Å²) in [5.74, 6) is 0. The van der Waals surface area contributed by atoms with Crippen LogP contribution in [-0.4, -0.2) is 18.0 Å². The smallest absolute Gasteiger partial charge is 0.0143 e. The lowest BCUT2D eigenvalue weighted by Crippen LogP contribution is -2.14. The Morgan fingerprint density at radius 2 is 1.67 bits per heavy atom. The van der Waals surface area contributed by atoms with Crippen molar-refractivity contribution < 1.29 is 0 Å². The summed E-state index contributed by atoms with van der Waals surface area (Å²) in [7, 11) is 0. The average Bonchev–Trinajstić information content (AvgIpc) is 1.91. The summed E-state index contributed by atoms with van der Waals surface area (Å²) in [4.78, 5) is 2.28. The fourth-order valence-corrected chi connectivity index (χ4v) is 0.689. The van der Waals surface area contributed by atoms with Gasteiger partial charge in [-0.05, 0) is 26.5 Å². The van der Waals surface area contributed by atoms with Crippen LogP contribution in [0.1, 0.15) is 27.2 Å². The van der Waals surface area contributed by atoms with E-state index in [2.05, 4.69) is 37.9 Å². The van der Waals surface area contributed by atoms with Gasteiger partial charge in [-0.25, -0.2) is 0 Å². The van der Waals surface area contributed by atoms with Gasteiger partial charge in [0.25, 0.3) is 0 Å². The van der Waals surface area contributed by atoms with Crippen LogP contribution in [0.15, 0.2) is 12.3 Å². The molecule has 0 amide bonds. The van der Waals surface area contributed by atoms with Crippen LogP contribution in [-0.2, 0) is 0 Å². The van der Waals surface area contributed by atoms with E-state index in [9.17, 15) is 0 Å². The van der Waals surface area contributed by atoms with Crippen molar-refractivity contribution in [2.75, 3.05) is 13.1 Å². The van der Waals surface area contributed by atoms with Gasteiger partial charge in [0.15, 0.2) is 0 Å². The SMILES string of the molecule is CC/C=C\N(CC)CC. The zero-order valence-electron chi connectivity index (χ0n) is 6.72. The number of allylic oxidation sites excluding steroid dienone is 1. The van der Waals surface area contributed by atoms with Crippen LogP contribution in [0, 0.1) is 0 Å². The third-order valence-electron chi connectivity index (χ3n) is 1.36. The molecule has 0 heterocycles. The first-order chi connectivity index (χ1) is 4.35. The fourth-order valence-electron chi connectivity index (χ4n) is 0.689. The molecule has 0 atom stereocenters. The molecule has 54 valence electrons. The monoisotopic (exact) mass is 127 g/mol. The third kappa shape index (κ3) is 4.07. The molecule has 0 N–H and O–H groups in total. The van der Waals surface area contributed by atoms with Crippen LogP contribution in [0.3, 0.4) is 0 Å². The average molecular weight is 127 g/mol. The molecule has 0 aliphatic carbocycles. The summed E-state index contributed by atoms with van der Waals surface area (Å²) in [6, 6.07) is 0. The van der Waals surface area contributed by atoms with Gasteiger partial charge >= 0.3 is 0 Å². The summed E-state index contributed by atoms with van der Waals surface area (Å²) in [6.45, 7) is 8.73. The second-order valence-electron chi connectivity index (χ2n) is 2.01. The molecule has 0 aromatic heterocycles. The maximum absolute atomic E-state index is 2.28. The Hall–Kier alpha value is -0.460. The van der Waals surface area contributed by atoms with Gasteiger partial charge in [0.2, 0.25) is 0 Å². The molecular formula is C8H17N. The van der Waals surface area contributed by atoms with Crippen molar-refractivity contribution in [2.45, 2.75) is 27.2 Å². The van der Waals surface area contributed by atoms with Crippen LogP contribution < -0.4 is 0 Å². The lowest BCUT2D eigenvalue weighted by atomic mass is 10.4. The predicted octanol–water partition coefficient (Wildman–Crippen LogP) is 2.25.